The first-order chi connectivity index (χ1) is 9.47. The fraction of sp³-hybridized carbons (Fsp3) is 0. The van der Waals surface area contributed by atoms with E-state index < -0.39 is 17.7 Å². The monoisotopic (exact) mass is 293 g/mol. The van der Waals surface area contributed by atoms with Crippen molar-refractivity contribution in [3.05, 3.63) is 64.4 Å². The standard InChI is InChI=1S/C14H9ClFNO3/c15-9-3-6-11(12(16)7-9)13(18)17-10-4-1-8(2-5-10)14(19)20/h1-7H,(H,17,18)(H,19,20). The molecule has 0 unspecified atom stereocenters. The minimum Gasteiger partial charge on any atom is -0.478 e. The molecule has 102 valence electrons. The van der Waals surface area contributed by atoms with E-state index in [1.807, 2.05) is 0 Å². The lowest BCUT2D eigenvalue weighted by Gasteiger charge is -2.06. The molecule has 0 aromatic heterocycles. The molecule has 0 saturated heterocycles. The van der Waals surface area contributed by atoms with Gasteiger partial charge < -0.3 is 10.4 Å². The minimum absolute atomic E-state index is 0.0978. The fourth-order valence-corrected chi connectivity index (χ4v) is 1.73. The Morgan fingerprint density at radius 2 is 1.75 bits per heavy atom. The summed E-state index contributed by atoms with van der Waals surface area (Å²) >= 11 is 5.60. The number of nitrogens with one attached hydrogen (secondary N) is 1. The minimum atomic E-state index is -1.06. The van der Waals surface area contributed by atoms with Gasteiger partial charge in [-0.3, -0.25) is 4.79 Å². The predicted molar refractivity (Wildman–Crippen MR) is 72.8 cm³/mol. The van der Waals surface area contributed by atoms with Crippen LogP contribution in [0.15, 0.2) is 42.5 Å². The lowest BCUT2D eigenvalue weighted by atomic mass is 10.1. The zero-order valence-corrected chi connectivity index (χ0v) is 10.8. The maximum atomic E-state index is 13.6. The molecule has 0 aliphatic carbocycles. The largest absolute Gasteiger partial charge is 0.478 e. The van der Waals surface area contributed by atoms with E-state index in [1.165, 1.54) is 36.4 Å². The number of carbonyl (C=O) groups excluding carboxylic acids is 1. The molecule has 0 heterocycles. The number of hydrogen-bond acceptors (Lipinski definition) is 2. The van der Waals surface area contributed by atoms with Crippen molar-refractivity contribution < 1.29 is 19.1 Å². The fourth-order valence-electron chi connectivity index (χ4n) is 1.57. The van der Waals surface area contributed by atoms with Crippen LogP contribution in [0.4, 0.5) is 10.1 Å². The predicted octanol–water partition coefficient (Wildman–Crippen LogP) is 3.43. The Hall–Kier alpha value is -2.40. The van der Waals surface area contributed by atoms with Gasteiger partial charge in [0.2, 0.25) is 0 Å². The van der Waals surface area contributed by atoms with E-state index in [9.17, 15) is 14.0 Å². The molecule has 0 radical (unpaired) electrons. The molecule has 1 amide bonds. The molecule has 0 atom stereocenters. The number of benzene rings is 2. The molecule has 2 rings (SSSR count). The van der Waals surface area contributed by atoms with Gasteiger partial charge in [-0.2, -0.15) is 0 Å². The molecule has 0 bridgehead atoms. The van der Waals surface area contributed by atoms with Gasteiger partial charge in [0.15, 0.2) is 0 Å². The Kier molecular flexibility index (Phi) is 4.00. The van der Waals surface area contributed by atoms with Crippen LogP contribution in [0.3, 0.4) is 0 Å². The zero-order valence-electron chi connectivity index (χ0n) is 10.1. The maximum absolute atomic E-state index is 13.6. The Morgan fingerprint density at radius 3 is 2.30 bits per heavy atom. The number of carbonyl (C=O) groups is 2. The van der Waals surface area contributed by atoms with Gasteiger partial charge in [0, 0.05) is 10.7 Å². The average molecular weight is 294 g/mol. The first-order valence-corrected chi connectivity index (χ1v) is 5.95. The number of carboxylic acids is 1. The Morgan fingerprint density at radius 1 is 1.10 bits per heavy atom. The third kappa shape index (κ3) is 3.13. The van der Waals surface area contributed by atoms with E-state index in [4.69, 9.17) is 16.7 Å². The van der Waals surface area contributed by atoms with Crippen LogP contribution in [-0.2, 0) is 0 Å². The highest BCUT2D eigenvalue weighted by Gasteiger charge is 2.12. The lowest BCUT2D eigenvalue weighted by Crippen LogP contribution is -2.13. The van der Waals surface area contributed by atoms with Crippen molar-refractivity contribution >= 4 is 29.2 Å². The quantitative estimate of drug-likeness (QED) is 0.911. The number of hydrogen-bond donors (Lipinski definition) is 2. The summed E-state index contributed by atoms with van der Waals surface area (Å²) < 4.78 is 13.6. The van der Waals surface area contributed by atoms with Crippen molar-refractivity contribution in [2.24, 2.45) is 0 Å². The van der Waals surface area contributed by atoms with Crippen LogP contribution in [0, 0.1) is 5.82 Å². The van der Waals surface area contributed by atoms with Crippen molar-refractivity contribution in [1.29, 1.82) is 0 Å². The van der Waals surface area contributed by atoms with Crippen LogP contribution in [0.25, 0.3) is 0 Å². The normalized spacial score (nSPS) is 10.1. The maximum Gasteiger partial charge on any atom is 0.335 e. The number of amides is 1. The van der Waals surface area contributed by atoms with Gasteiger partial charge in [0.05, 0.1) is 11.1 Å². The SMILES string of the molecule is O=C(O)c1ccc(NC(=O)c2ccc(Cl)cc2F)cc1. The van der Waals surface area contributed by atoms with Crippen LogP contribution >= 0.6 is 11.6 Å². The molecular weight excluding hydrogens is 285 g/mol. The third-order valence-corrected chi connectivity index (χ3v) is 2.80. The molecule has 0 aliphatic rings. The van der Waals surface area contributed by atoms with Gasteiger partial charge in [-0.1, -0.05) is 11.6 Å². The number of halogens is 2. The molecule has 20 heavy (non-hydrogen) atoms. The Bertz CT molecular complexity index is 671. The second-order valence-corrected chi connectivity index (χ2v) is 4.40. The first-order valence-electron chi connectivity index (χ1n) is 5.57. The highest BCUT2D eigenvalue weighted by atomic mass is 35.5. The van der Waals surface area contributed by atoms with E-state index in [-0.39, 0.29) is 16.1 Å². The van der Waals surface area contributed by atoms with Crippen LogP contribution in [0.1, 0.15) is 20.7 Å². The van der Waals surface area contributed by atoms with Crippen LogP contribution in [0.5, 0.6) is 0 Å². The molecule has 0 saturated carbocycles. The first kappa shape index (κ1) is 14.0. The van der Waals surface area contributed by atoms with E-state index in [0.717, 1.165) is 6.07 Å². The topological polar surface area (TPSA) is 66.4 Å². The van der Waals surface area contributed by atoms with Crippen molar-refractivity contribution in [2.45, 2.75) is 0 Å². The second kappa shape index (κ2) is 5.71. The lowest BCUT2D eigenvalue weighted by molar-refractivity contribution is 0.0696. The van der Waals surface area contributed by atoms with Gasteiger partial charge in [0.25, 0.3) is 5.91 Å². The highest BCUT2D eigenvalue weighted by molar-refractivity contribution is 6.30. The number of aromatic carboxylic acids is 1. The van der Waals surface area contributed by atoms with Crippen LogP contribution in [0.2, 0.25) is 5.02 Å². The summed E-state index contributed by atoms with van der Waals surface area (Å²) in [6, 6.07) is 9.27. The summed E-state index contributed by atoms with van der Waals surface area (Å²) in [6.45, 7) is 0. The third-order valence-electron chi connectivity index (χ3n) is 2.57. The number of carboxylic acid groups (broad SMARTS) is 1. The number of anilines is 1. The van der Waals surface area contributed by atoms with E-state index in [2.05, 4.69) is 5.32 Å². The molecule has 2 aromatic carbocycles. The Labute approximate surface area is 118 Å². The summed E-state index contributed by atoms with van der Waals surface area (Å²) in [5.74, 6) is -2.42. The second-order valence-electron chi connectivity index (χ2n) is 3.96. The highest BCUT2D eigenvalue weighted by Crippen LogP contribution is 2.17. The van der Waals surface area contributed by atoms with Gasteiger partial charge >= 0.3 is 5.97 Å². The van der Waals surface area contributed by atoms with Crippen molar-refractivity contribution in [2.75, 3.05) is 5.32 Å². The zero-order chi connectivity index (χ0) is 14.7. The smallest absolute Gasteiger partial charge is 0.335 e. The molecular formula is C14H9ClFNO3. The van der Waals surface area contributed by atoms with Gasteiger partial charge in [-0.25, -0.2) is 9.18 Å². The molecule has 0 fully saturated rings. The van der Waals surface area contributed by atoms with E-state index in [0.29, 0.717) is 5.69 Å². The van der Waals surface area contributed by atoms with Gasteiger partial charge in [-0.15, -0.1) is 0 Å². The molecule has 0 aliphatic heterocycles. The van der Waals surface area contributed by atoms with Crippen molar-refractivity contribution in [3.63, 3.8) is 0 Å². The van der Waals surface area contributed by atoms with Crippen molar-refractivity contribution in [3.8, 4) is 0 Å². The molecule has 6 heteroatoms. The molecule has 2 N–H and O–H groups in total. The average Bonchev–Trinajstić information content (AvgIpc) is 2.39. The summed E-state index contributed by atoms with van der Waals surface area (Å²) in [7, 11) is 0. The summed E-state index contributed by atoms with van der Waals surface area (Å²) in [5, 5.41) is 11.4. The van der Waals surface area contributed by atoms with Gasteiger partial charge in [0.1, 0.15) is 5.82 Å². The molecule has 2 aromatic rings. The molecule has 0 spiro atoms. The Balaban J connectivity index is 2.17. The van der Waals surface area contributed by atoms with E-state index >= 15 is 0 Å². The van der Waals surface area contributed by atoms with Crippen LogP contribution < -0.4 is 5.32 Å². The number of rotatable bonds is 3. The van der Waals surface area contributed by atoms with E-state index in [1.54, 1.807) is 0 Å². The summed E-state index contributed by atoms with van der Waals surface area (Å²) in [4.78, 5) is 22.5. The van der Waals surface area contributed by atoms with Gasteiger partial charge in [-0.05, 0) is 42.5 Å². The van der Waals surface area contributed by atoms with Crippen molar-refractivity contribution in [1.82, 2.24) is 0 Å². The summed E-state index contributed by atoms with van der Waals surface area (Å²) in [6.07, 6.45) is 0. The molecule has 4 nitrogen and oxygen atoms in total. The van der Waals surface area contributed by atoms with Crippen LogP contribution in [-0.4, -0.2) is 17.0 Å². The summed E-state index contributed by atoms with van der Waals surface area (Å²) in [5.41, 5.74) is 0.326.